The topological polar surface area (TPSA) is 67.8 Å². The Balaban J connectivity index is 0.000000339. The van der Waals surface area contributed by atoms with Crippen molar-refractivity contribution in [3.05, 3.63) is 213 Å². The number of carboxylic acid groups (broad SMARTS) is 1. The molecule has 0 radical (unpaired) electrons. The van der Waals surface area contributed by atoms with Gasteiger partial charge in [-0.3, -0.25) is 0 Å². The fourth-order valence-corrected chi connectivity index (χ4v) is 9.18. The van der Waals surface area contributed by atoms with Crippen LogP contribution in [0, 0.1) is 116 Å². The summed E-state index contributed by atoms with van der Waals surface area (Å²) in [6.45, 7) is 0. The Bertz CT molecular complexity index is 3490. The maximum absolute atomic E-state index is 15.2. The van der Waals surface area contributed by atoms with Gasteiger partial charge in [0.1, 0.15) is 0 Å². The van der Waals surface area contributed by atoms with E-state index < -0.39 is 180 Å². The number of hydrogen-bond acceptors (Lipinski definition) is 6. The van der Waals surface area contributed by atoms with Crippen molar-refractivity contribution in [2.75, 3.05) is 6.26 Å². The molecule has 5 nitrogen and oxygen atoms in total. The van der Waals surface area contributed by atoms with Gasteiger partial charge in [0.25, 0.3) is 0 Å². The van der Waals surface area contributed by atoms with E-state index in [0.29, 0.717) is 0 Å². The molecule has 0 unspecified atom stereocenters. The third-order valence-corrected chi connectivity index (χ3v) is 13.2. The Labute approximate surface area is 423 Å². The van der Waals surface area contributed by atoms with E-state index in [4.69, 9.17) is 0 Å². The van der Waals surface area contributed by atoms with Crippen LogP contribution in [-0.2, 0) is 10.9 Å². The monoisotopic (exact) mass is 1140 g/mol. The van der Waals surface area contributed by atoms with Crippen LogP contribution in [0.3, 0.4) is 0 Å². The van der Waals surface area contributed by atoms with Crippen LogP contribution < -0.4 is 19.3 Å². The summed E-state index contributed by atoms with van der Waals surface area (Å²) in [7, 11) is -0.0341. The molecule has 0 saturated carbocycles. The Morgan fingerprint density at radius 3 is 1.00 bits per heavy atom. The normalized spacial score (nSPS) is 11.2. The van der Waals surface area contributed by atoms with Gasteiger partial charge >= 0.3 is 0 Å². The first-order chi connectivity index (χ1) is 36.3. The van der Waals surface area contributed by atoms with Gasteiger partial charge in [0.15, 0.2) is 49.5 Å². The molecule has 0 aromatic heterocycles. The first-order valence-electron chi connectivity index (χ1n) is 20.4. The van der Waals surface area contributed by atoms with Gasteiger partial charge in [-0.1, -0.05) is 36.4 Å². The molecular weight excluding hydrogens is 1120 g/mol. The number of carboxylic acids is 1. The standard InChI is InChI=1S/C31H2F20O5.C19H17S2/c32-6-5(7(33)9(35)10(36)8(6)34)4-2(31(52)53)1-3(54-28-20(46)14(40)11(37)15(41)21(28)47)26(55-29-22(48)16(42)12(38)17(43)23(29)49)27(4)56-30-24(50)18(44)13(39)19(45)25(30)51;1-20-16-12-14-19(15-13-16)21(17-8-4-2-5-9-17)18-10-6-3-7-11-18/h1H,(H,52,53);2-15H,1H3/q;+1/p-1. The zero-order valence-corrected chi connectivity index (χ0v) is 38.7. The van der Waals surface area contributed by atoms with Gasteiger partial charge in [-0.25, -0.2) is 61.5 Å². The second-order valence-electron chi connectivity index (χ2n) is 14.8. The van der Waals surface area contributed by atoms with E-state index in [1.807, 2.05) is 0 Å². The summed E-state index contributed by atoms with van der Waals surface area (Å²) in [6, 6.07) is 29.8. The number of carbonyl (C=O) groups excluding carboxylic acids is 1. The van der Waals surface area contributed by atoms with E-state index in [1.165, 1.54) is 19.6 Å². The molecule has 400 valence electrons. The van der Waals surface area contributed by atoms with Crippen LogP contribution in [0.15, 0.2) is 111 Å². The molecular formula is C50H18F20O5S2. The molecule has 27 heteroatoms. The Morgan fingerprint density at radius 1 is 0.364 bits per heavy atom. The number of benzene rings is 8. The maximum Gasteiger partial charge on any atom is 0.213 e. The minimum absolute atomic E-state index is 0.0341. The van der Waals surface area contributed by atoms with Gasteiger partial charge in [-0.2, -0.15) is 26.3 Å². The van der Waals surface area contributed by atoms with Crippen LogP contribution in [0.4, 0.5) is 87.8 Å². The van der Waals surface area contributed by atoms with Gasteiger partial charge in [0.05, 0.1) is 22.4 Å². The van der Waals surface area contributed by atoms with E-state index in [1.54, 1.807) is 11.8 Å². The average molecular weight is 1140 g/mol. The fraction of sp³-hybridized carbons (Fsp3) is 0.0200. The van der Waals surface area contributed by atoms with Crippen LogP contribution in [0.25, 0.3) is 11.1 Å². The first kappa shape index (κ1) is 56.7. The highest BCUT2D eigenvalue weighted by Gasteiger charge is 2.39. The lowest BCUT2D eigenvalue weighted by Gasteiger charge is -2.24. The number of halogens is 20. The van der Waals surface area contributed by atoms with Crippen molar-refractivity contribution in [1.82, 2.24) is 0 Å². The van der Waals surface area contributed by atoms with Crippen molar-refractivity contribution < 1.29 is 112 Å². The summed E-state index contributed by atoms with van der Waals surface area (Å²) in [5.41, 5.74) is -7.70. The third kappa shape index (κ3) is 10.5. The van der Waals surface area contributed by atoms with Crippen molar-refractivity contribution in [2.45, 2.75) is 19.6 Å². The third-order valence-electron chi connectivity index (χ3n) is 10.3. The van der Waals surface area contributed by atoms with Crippen molar-refractivity contribution in [3.63, 3.8) is 0 Å². The molecule has 0 spiro atoms. The molecule has 0 aliphatic rings. The smallest absolute Gasteiger partial charge is 0.213 e. The first-order valence-corrected chi connectivity index (χ1v) is 22.8. The summed E-state index contributed by atoms with van der Waals surface area (Å²) in [5, 5.41) is 12.3. The van der Waals surface area contributed by atoms with Gasteiger partial charge < -0.3 is 24.1 Å². The summed E-state index contributed by atoms with van der Waals surface area (Å²) in [4.78, 5) is 17.7. The number of ether oxygens (including phenoxy) is 3. The quantitative estimate of drug-likeness (QED) is 0.0399. The molecule has 0 saturated heterocycles. The molecule has 0 fully saturated rings. The Hall–Kier alpha value is -8.07. The molecule has 0 aliphatic carbocycles. The summed E-state index contributed by atoms with van der Waals surface area (Å²) >= 11 is 1.78. The molecule has 0 atom stereocenters. The highest BCUT2D eigenvalue weighted by atomic mass is 32.2. The molecule has 8 aromatic rings. The van der Waals surface area contributed by atoms with Crippen molar-refractivity contribution >= 4 is 28.6 Å². The molecule has 0 aliphatic heterocycles. The lowest BCUT2D eigenvalue weighted by molar-refractivity contribution is -0.255. The minimum atomic E-state index is -3.17. The largest absolute Gasteiger partial charge is 0.545 e. The lowest BCUT2D eigenvalue weighted by atomic mass is 9.95. The van der Waals surface area contributed by atoms with Gasteiger partial charge in [0, 0.05) is 16.0 Å². The highest BCUT2D eigenvalue weighted by Crippen LogP contribution is 2.55. The van der Waals surface area contributed by atoms with E-state index in [2.05, 4.69) is 105 Å². The van der Waals surface area contributed by atoms with Gasteiger partial charge in [-0.15, -0.1) is 11.8 Å². The van der Waals surface area contributed by atoms with Crippen molar-refractivity contribution in [1.29, 1.82) is 0 Å². The van der Waals surface area contributed by atoms with Crippen LogP contribution in [0.1, 0.15) is 10.4 Å². The number of hydrogen-bond donors (Lipinski definition) is 0. The number of thioether (sulfide) groups is 1. The van der Waals surface area contributed by atoms with Gasteiger partial charge in [0.2, 0.25) is 116 Å². The second-order valence-corrected chi connectivity index (χ2v) is 17.7. The molecule has 0 N–H and O–H groups in total. The van der Waals surface area contributed by atoms with Crippen LogP contribution in [0.2, 0.25) is 0 Å². The second kappa shape index (κ2) is 22.6. The molecule has 8 rings (SSSR count). The van der Waals surface area contributed by atoms with E-state index in [9.17, 15) is 88.9 Å². The zero-order valence-electron chi connectivity index (χ0n) is 37.1. The van der Waals surface area contributed by atoms with E-state index in [-0.39, 0.29) is 10.9 Å². The van der Waals surface area contributed by atoms with Crippen molar-refractivity contribution in [3.8, 4) is 45.6 Å². The van der Waals surface area contributed by atoms with Gasteiger partial charge in [-0.05, 0) is 60.9 Å². The molecule has 0 amide bonds. The summed E-state index contributed by atoms with van der Waals surface area (Å²) < 4.78 is 302. The Kier molecular flexibility index (Phi) is 16.7. The lowest BCUT2D eigenvalue weighted by Crippen LogP contribution is -2.24. The average Bonchev–Trinajstić information content (AvgIpc) is 3.46. The predicted octanol–water partition coefficient (Wildman–Crippen LogP) is 15.4. The molecule has 77 heavy (non-hydrogen) atoms. The van der Waals surface area contributed by atoms with Crippen molar-refractivity contribution in [2.24, 2.45) is 0 Å². The molecule has 8 aromatic carbocycles. The molecule has 0 heterocycles. The van der Waals surface area contributed by atoms with Crippen LogP contribution in [-0.4, -0.2) is 12.2 Å². The predicted molar refractivity (Wildman–Crippen MR) is 228 cm³/mol. The fourth-order valence-electron chi connectivity index (χ4n) is 6.69. The number of carbonyl (C=O) groups is 1. The number of rotatable bonds is 12. The summed E-state index contributed by atoms with van der Waals surface area (Å²) in [6.07, 6.45) is 2.11. The Morgan fingerprint density at radius 2 is 0.662 bits per heavy atom. The van der Waals surface area contributed by atoms with E-state index in [0.717, 1.165) is 0 Å². The summed E-state index contributed by atoms with van der Waals surface area (Å²) in [5.74, 6) is -81.2. The SMILES string of the molecule is CSc1ccc([S+](c2ccccc2)c2ccccc2)cc1.O=C([O-])c1cc(Oc2c(F)c(F)c(F)c(F)c2F)c(Oc2c(F)c(F)c(F)c(F)c2F)c(Oc2c(F)c(F)c(F)c(F)c2F)c1-c1c(F)c(F)c(F)c(F)c1F. The maximum atomic E-state index is 15.2. The minimum Gasteiger partial charge on any atom is -0.545 e. The molecule has 0 bridgehead atoms. The van der Waals surface area contributed by atoms with E-state index >= 15 is 8.78 Å². The zero-order chi connectivity index (χ0) is 56.6. The van der Waals surface area contributed by atoms with Crippen LogP contribution >= 0.6 is 11.8 Å². The number of aromatic carboxylic acids is 1. The van der Waals surface area contributed by atoms with Crippen LogP contribution in [0.5, 0.6) is 34.5 Å². The highest BCUT2D eigenvalue weighted by molar-refractivity contribution is 7.98.